The van der Waals surface area contributed by atoms with E-state index in [0.29, 0.717) is 24.0 Å². The zero-order chi connectivity index (χ0) is 26.3. The van der Waals surface area contributed by atoms with Crippen LogP contribution in [0.2, 0.25) is 0 Å². The largest absolute Gasteiger partial charge is 0.350 e. The number of alkyl halides is 4. The number of rotatable bonds is 9. The van der Waals surface area contributed by atoms with E-state index in [1.54, 1.807) is 12.1 Å². The molecule has 0 aliphatic rings. The maximum atomic E-state index is 9.81. The van der Waals surface area contributed by atoms with Gasteiger partial charge in [-0.25, -0.2) is 0 Å². The van der Waals surface area contributed by atoms with Crippen molar-refractivity contribution in [2.75, 3.05) is 0 Å². The van der Waals surface area contributed by atoms with E-state index in [1.807, 2.05) is 13.8 Å². The summed E-state index contributed by atoms with van der Waals surface area (Å²) < 4.78 is 0. The molecular weight excluding hydrogens is 534 g/mol. The lowest BCUT2D eigenvalue weighted by Crippen LogP contribution is -2.27. The molecule has 2 aromatic rings. The quantitative estimate of drug-likeness (QED) is 0.171. The SMILES string of the molecule is CC(Cc1ccc(C(O)(O)Cl)c(C(O)(O)Cl)c1)C(C)Cc1ccc(C(O)(O)Cl)c(C(O)(O)Cl)c1. The van der Waals surface area contributed by atoms with Crippen LogP contribution in [-0.4, -0.2) is 40.9 Å². The smallest absolute Gasteiger partial charge is 0.271 e. The molecule has 0 spiro atoms. The molecule has 0 aromatic heterocycles. The molecule has 190 valence electrons. The minimum Gasteiger partial charge on any atom is -0.350 e. The third-order valence-corrected chi connectivity index (χ3v) is 6.44. The lowest BCUT2D eigenvalue weighted by Gasteiger charge is -2.26. The normalized spacial score (nSPS) is 15.4. The average Bonchev–Trinajstić information content (AvgIpc) is 2.64. The van der Waals surface area contributed by atoms with E-state index >= 15 is 0 Å². The van der Waals surface area contributed by atoms with Crippen LogP contribution < -0.4 is 0 Å². The molecule has 2 rings (SSSR count). The van der Waals surface area contributed by atoms with Crippen molar-refractivity contribution in [1.82, 2.24) is 0 Å². The molecule has 0 bridgehead atoms. The zero-order valence-corrected chi connectivity index (χ0v) is 21.1. The predicted octanol–water partition coefficient (Wildman–Crippen LogP) is 2.08. The molecule has 2 aromatic carbocycles. The monoisotopic (exact) mass is 558 g/mol. The predicted molar refractivity (Wildman–Crippen MR) is 126 cm³/mol. The van der Waals surface area contributed by atoms with Crippen LogP contribution >= 0.6 is 46.4 Å². The van der Waals surface area contributed by atoms with Gasteiger partial charge in [-0.1, -0.05) is 84.5 Å². The second kappa shape index (κ2) is 10.3. The van der Waals surface area contributed by atoms with Crippen molar-refractivity contribution >= 4 is 46.4 Å². The summed E-state index contributed by atoms with van der Waals surface area (Å²) in [5.74, 6) is -0.0282. The molecule has 0 aliphatic carbocycles. The first-order chi connectivity index (χ1) is 15.2. The maximum absolute atomic E-state index is 9.81. The Bertz CT molecular complexity index is 922. The third kappa shape index (κ3) is 7.64. The van der Waals surface area contributed by atoms with Gasteiger partial charge < -0.3 is 40.9 Å². The van der Waals surface area contributed by atoms with Crippen molar-refractivity contribution in [1.29, 1.82) is 0 Å². The van der Waals surface area contributed by atoms with E-state index in [9.17, 15) is 40.9 Å². The van der Waals surface area contributed by atoms with Gasteiger partial charge in [-0.3, -0.25) is 0 Å². The molecule has 0 fully saturated rings. The fraction of sp³-hybridized carbons (Fsp3) is 0.455. The first kappa shape index (κ1) is 29.5. The Labute approximate surface area is 216 Å². The molecule has 8 nitrogen and oxygen atoms in total. The van der Waals surface area contributed by atoms with Gasteiger partial charge in [0, 0.05) is 22.3 Å². The highest BCUT2D eigenvalue weighted by atomic mass is 35.5. The first-order valence-corrected chi connectivity index (χ1v) is 11.5. The van der Waals surface area contributed by atoms with Gasteiger partial charge in [0.15, 0.2) is 0 Å². The highest BCUT2D eigenvalue weighted by molar-refractivity contribution is 6.24. The summed E-state index contributed by atoms with van der Waals surface area (Å²) >= 11 is 22.2. The van der Waals surface area contributed by atoms with Gasteiger partial charge in [-0.05, 0) is 47.9 Å². The Hall–Kier alpha value is -0.720. The average molecular weight is 560 g/mol. The van der Waals surface area contributed by atoms with Gasteiger partial charge in [0.1, 0.15) is 0 Å². The van der Waals surface area contributed by atoms with Crippen LogP contribution in [0.5, 0.6) is 0 Å². The Morgan fingerprint density at radius 1 is 0.529 bits per heavy atom. The highest BCUT2D eigenvalue weighted by Crippen LogP contribution is 2.37. The molecule has 0 saturated carbocycles. The topological polar surface area (TPSA) is 162 Å². The standard InChI is InChI=1S/C22H26Cl4O8/c1-11(7-13-3-5-15(19(23,27)28)17(9-13)21(25,31)32)12(2)8-14-4-6-16(20(24,29)30)18(10-14)22(26,33)34/h3-6,9-12,27-34H,7-8H2,1-2H3. The van der Waals surface area contributed by atoms with Crippen LogP contribution in [-0.2, 0) is 33.8 Å². The van der Waals surface area contributed by atoms with E-state index in [-0.39, 0.29) is 34.1 Å². The fourth-order valence-electron chi connectivity index (χ4n) is 3.66. The lowest BCUT2D eigenvalue weighted by atomic mass is 9.84. The van der Waals surface area contributed by atoms with Crippen molar-refractivity contribution in [3.63, 3.8) is 0 Å². The third-order valence-electron chi connectivity index (χ3n) is 5.63. The number of hydrogen-bond acceptors (Lipinski definition) is 8. The Morgan fingerprint density at radius 3 is 1.03 bits per heavy atom. The van der Waals surface area contributed by atoms with Crippen LogP contribution in [0.25, 0.3) is 0 Å². The van der Waals surface area contributed by atoms with Gasteiger partial charge in [0.25, 0.3) is 21.0 Å². The van der Waals surface area contributed by atoms with Crippen LogP contribution in [0.4, 0.5) is 0 Å². The van der Waals surface area contributed by atoms with Crippen LogP contribution in [0.3, 0.4) is 0 Å². The molecule has 12 heteroatoms. The fourth-order valence-corrected chi connectivity index (χ4v) is 4.31. The van der Waals surface area contributed by atoms with Gasteiger partial charge in [-0.15, -0.1) is 0 Å². The summed E-state index contributed by atoms with van der Waals surface area (Å²) in [5.41, 5.74) is -0.302. The minimum atomic E-state index is -2.89. The number of halogens is 4. The van der Waals surface area contributed by atoms with Gasteiger partial charge in [0.2, 0.25) is 0 Å². The van der Waals surface area contributed by atoms with Crippen LogP contribution in [0.1, 0.15) is 47.2 Å². The summed E-state index contributed by atoms with van der Waals surface area (Å²) in [5, 5.41) is 66.4. The molecule has 0 amide bonds. The van der Waals surface area contributed by atoms with Crippen molar-refractivity contribution in [2.45, 2.75) is 47.7 Å². The van der Waals surface area contributed by atoms with E-state index < -0.39 is 21.0 Å². The molecule has 0 saturated heterocycles. The van der Waals surface area contributed by atoms with Crippen molar-refractivity contribution < 1.29 is 40.9 Å². The molecule has 8 N–H and O–H groups in total. The van der Waals surface area contributed by atoms with Gasteiger partial charge in [0.05, 0.1) is 0 Å². The molecule has 0 heterocycles. The molecule has 0 radical (unpaired) electrons. The number of aliphatic hydroxyl groups is 8. The maximum Gasteiger partial charge on any atom is 0.271 e. The van der Waals surface area contributed by atoms with Crippen LogP contribution in [0, 0.1) is 11.8 Å². The summed E-state index contributed by atoms with van der Waals surface area (Å²) in [6, 6.07) is 8.17. The van der Waals surface area contributed by atoms with E-state index in [0.717, 1.165) is 0 Å². The molecule has 2 atom stereocenters. The molecular formula is C22H26Cl4O8. The highest BCUT2D eigenvalue weighted by Gasteiger charge is 2.36. The van der Waals surface area contributed by atoms with E-state index in [1.165, 1.54) is 24.3 Å². The summed E-state index contributed by atoms with van der Waals surface area (Å²) in [6.45, 7) is 3.86. The summed E-state index contributed by atoms with van der Waals surface area (Å²) in [7, 11) is 0. The van der Waals surface area contributed by atoms with Crippen molar-refractivity contribution in [2.24, 2.45) is 11.8 Å². The second-order valence-corrected chi connectivity index (χ2v) is 10.6. The van der Waals surface area contributed by atoms with Crippen molar-refractivity contribution in [3.8, 4) is 0 Å². The number of hydrogen-bond donors (Lipinski definition) is 8. The summed E-state index contributed by atoms with van der Waals surface area (Å²) in [4.78, 5) is 0. The molecule has 2 unspecified atom stereocenters. The van der Waals surface area contributed by atoms with Gasteiger partial charge in [-0.2, -0.15) is 0 Å². The van der Waals surface area contributed by atoms with Gasteiger partial charge >= 0.3 is 0 Å². The Balaban J connectivity index is 2.27. The number of benzene rings is 2. The van der Waals surface area contributed by atoms with E-state index in [2.05, 4.69) is 0 Å². The minimum absolute atomic E-state index is 0.0141. The zero-order valence-electron chi connectivity index (χ0n) is 18.1. The lowest BCUT2D eigenvalue weighted by molar-refractivity contribution is -0.112. The van der Waals surface area contributed by atoms with Crippen LogP contribution in [0.15, 0.2) is 36.4 Å². The van der Waals surface area contributed by atoms with E-state index in [4.69, 9.17) is 46.4 Å². The molecule has 34 heavy (non-hydrogen) atoms. The Morgan fingerprint density at radius 2 is 0.794 bits per heavy atom. The van der Waals surface area contributed by atoms with Crippen molar-refractivity contribution in [3.05, 3.63) is 69.8 Å². The summed E-state index contributed by atoms with van der Waals surface area (Å²) in [6.07, 6.45) is 0.853. The second-order valence-electron chi connectivity index (χ2n) is 8.47. The molecule has 0 aliphatic heterocycles. The Kier molecular flexibility index (Phi) is 8.97. The first-order valence-electron chi connectivity index (χ1n) is 10.0.